The minimum absolute atomic E-state index is 0.000874. The lowest BCUT2D eigenvalue weighted by Gasteiger charge is -2.38. The van der Waals surface area contributed by atoms with Crippen molar-refractivity contribution >= 4 is 27.2 Å². The molecule has 4 aromatic rings. The highest BCUT2D eigenvalue weighted by Gasteiger charge is 2.46. The maximum atomic E-state index is 13.1. The smallest absolute Gasteiger partial charge is 0.291 e. The summed E-state index contributed by atoms with van der Waals surface area (Å²) in [5.74, 6) is -0.239. The molecule has 2 bridgehead atoms. The molecule has 0 aliphatic carbocycles. The Balaban J connectivity index is 1.44. The molecular weight excluding hydrogens is 534 g/mol. The van der Waals surface area contributed by atoms with Gasteiger partial charge in [0.2, 0.25) is 5.82 Å². The lowest BCUT2D eigenvalue weighted by Crippen LogP contribution is -2.46. The van der Waals surface area contributed by atoms with Crippen molar-refractivity contribution in [3.63, 3.8) is 0 Å². The summed E-state index contributed by atoms with van der Waals surface area (Å²) >= 11 is 0. The second-order valence-electron chi connectivity index (χ2n) is 11.3. The van der Waals surface area contributed by atoms with Crippen LogP contribution in [0.3, 0.4) is 0 Å². The van der Waals surface area contributed by atoms with Crippen molar-refractivity contribution in [1.82, 2.24) is 39.7 Å². The van der Waals surface area contributed by atoms with E-state index in [0.717, 1.165) is 30.2 Å². The van der Waals surface area contributed by atoms with Crippen molar-refractivity contribution in [2.75, 3.05) is 12.0 Å². The van der Waals surface area contributed by atoms with Gasteiger partial charge in [0.1, 0.15) is 22.6 Å². The molecule has 2 atom stereocenters. The summed E-state index contributed by atoms with van der Waals surface area (Å²) in [5.41, 5.74) is 8.92. The van der Waals surface area contributed by atoms with Gasteiger partial charge in [-0.3, -0.25) is 14.9 Å². The fourth-order valence-electron chi connectivity index (χ4n) is 6.40. The fourth-order valence-corrected chi connectivity index (χ4v) is 7.46. The number of rotatable bonds is 5. The highest BCUT2D eigenvalue weighted by Crippen LogP contribution is 2.45. The summed E-state index contributed by atoms with van der Waals surface area (Å²) in [6.45, 7) is 5.22. The molecule has 2 aliphatic rings. The minimum Gasteiger partial charge on any atom is -0.384 e. The quantitative estimate of drug-likeness (QED) is 0.323. The number of hydrogen-bond acceptors (Lipinski definition) is 10. The van der Waals surface area contributed by atoms with E-state index in [0.29, 0.717) is 35.4 Å². The number of nitrogens with two attached hydrogens (primary N) is 1. The predicted molar refractivity (Wildman–Crippen MR) is 145 cm³/mol. The molecule has 1 amide bonds. The summed E-state index contributed by atoms with van der Waals surface area (Å²) < 4.78 is 27.4. The average molecular weight is 566 g/mol. The first-order valence-corrected chi connectivity index (χ1v) is 15.0. The third-order valence-corrected chi connectivity index (χ3v) is 9.13. The van der Waals surface area contributed by atoms with E-state index < -0.39 is 15.4 Å². The van der Waals surface area contributed by atoms with Crippen molar-refractivity contribution in [3.05, 3.63) is 47.6 Å². The van der Waals surface area contributed by atoms with E-state index in [1.54, 1.807) is 26.2 Å². The van der Waals surface area contributed by atoms with Gasteiger partial charge in [-0.2, -0.15) is 14.7 Å². The van der Waals surface area contributed by atoms with Gasteiger partial charge in [0.05, 0.1) is 17.6 Å². The Morgan fingerprint density at radius 2 is 1.88 bits per heavy atom. The SMILES string of the molecule is Cc1cc(-c2cnn3c(N)c(S(C)(=O)=O)c(C4CC5CCC(C4)N5C(=O)c4ncn[nH]4)nc23)cnc1C(C)(C)O. The van der Waals surface area contributed by atoms with Gasteiger partial charge in [-0.05, 0) is 58.1 Å². The van der Waals surface area contributed by atoms with Crippen LogP contribution in [0.25, 0.3) is 16.8 Å². The molecule has 14 heteroatoms. The topological polar surface area (TPSA) is 185 Å². The second-order valence-corrected chi connectivity index (χ2v) is 13.3. The summed E-state index contributed by atoms with van der Waals surface area (Å²) in [7, 11) is -3.76. The number of carbonyl (C=O) groups excluding carboxylic acids is 1. The Kier molecular flexibility index (Phi) is 5.96. The zero-order valence-corrected chi connectivity index (χ0v) is 23.5. The molecule has 2 fully saturated rings. The summed E-state index contributed by atoms with van der Waals surface area (Å²) in [4.78, 5) is 28.4. The van der Waals surface area contributed by atoms with Crippen LogP contribution in [0.15, 0.2) is 29.7 Å². The first-order chi connectivity index (χ1) is 18.8. The Bertz CT molecular complexity index is 1730. The number of nitrogens with zero attached hydrogens (tertiary/aromatic N) is 7. The van der Waals surface area contributed by atoms with Gasteiger partial charge in [0.25, 0.3) is 5.91 Å². The van der Waals surface area contributed by atoms with Crippen molar-refractivity contribution in [3.8, 4) is 11.1 Å². The van der Waals surface area contributed by atoms with E-state index in [9.17, 15) is 18.3 Å². The number of amides is 1. The van der Waals surface area contributed by atoms with Gasteiger partial charge in [-0.1, -0.05) is 0 Å². The van der Waals surface area contributed by atoms with Crippen LogP contribution in [0, 0.1) is 6.92 Å². The van der Waals surface area contributed by atoms with Crippen LogP contribution >= 0.6 is 0 Å². The van der Waals surface area contributed by atoms with Crippen LogP contribution in [0.2, 0.25) is 0 Å². The van der Waals surface area contributed by atoms with E-state index in [2.05, 4.69) is 25.3 Å². The highest BCUT2D eigenvalue weighted by atomic mass is 32.2. The molecule has 2 saturated heterocycles. The zero-order chi connectivity index (χ0) is 28.6. The number of aryl methyl sites for hydroxylation is 1. The molecule has 40 heavy (non-hydrogen) atoms. The van der Waals surface area contributed by atoms with Crippen LogP contribution in [0.5, 0.6) is 0 Å². The standard InChI is InChI=1S/C26H31N9O4S/c1-13-7-15(10-28-21(13)26(2,3)37)18-11-31-35-22(27)20(40(4,38)39)19(32-24(18)35)14-8-16-5-6-17(9-14)34(16)25(36)23-29-12-30-33-23/h7,10-12,14,16-17,37H,5-6,8-9,27H2,1-4H3,(H,29,30,33). The van der Waals surface area contributed by atoms with Crippen LogP contribution in [-0.2, 0) is 15.4 Å². The lowest BCUT2D eigenvalue weighted by molar-refractivity contribution is 0.0556. The molecule has 2 unspecified atom stereocenters. The Morgan fingerprint density at radius 3 is 2.45 bits per heavy atom. The Morgan fingerprint density at radius 1 is 1.18 bits per heavy atom. The molecule has 0 saturated carbocycles. The number of carbonyl (C=O) groups is 1. The Labute approximate surface area is 230 Å². The molecule has 4 aromatic heterocycles. The number of pyridine rings is 1. The Hall–Kier alpha value is -3.91. The monoisotopic (exact) mass is 565 g/mol. The average Bonchev–Trinajstić information content (AvgIpc) is 3.60. The maximum Gasteiger partial charge on any atom is 0.291 e. The molecular formula is C26H31N9O4S. The maximum absolute atomic E-state index is 13.1. The van der Waals surface area contributed by atoms with Crippen molar-refractivity contribution < 1.29 is 18.3 Å². The predicted octanol–water partition coefficient (Wildman–Crippen LogP) is 1.98. The molecule has 0 spiro atoms. The zero-order valence-electron chi connectivity index (χ0n) is 22.7. The lowest BCUT2D eigenvalue weighted by atomic mass is 9.87. The number of hydrogen-bond donors (Lipinski definition) is 3. The number of H-pyrrole nitrogens is 1. The summed E-state index contributed by atoms with van der Waals surface area (Å²) in [5, 5.41) is 21.3. The molecule has 6 heterocycles. The van der Waals surface area contributed by atoms with E-state index in [-0.39, 0.29) is 40.4 Å². The molecule has 0 aromatic carbocycles. The van der Waals surface area contributed by atoms with Gasteiger partial charge in [-0.25, -0.2) is 18.4 Å². The van der Waals surface area contributed by atoms with Crippen LogP contribution < -0.4 is 5.73 Å². The first-order valence-electron chi connectivity index (χ1n) is 13.1. The normalized spacial score (nSPS) is 21.3. The van der Waals surface area contributed by atoms with Crippen molar-refractivity contribution in [2.45, 2.75) is 75.0 Å². The number of piperidine rings is 1. The molecule has 210 valence electrons. The number of aromatic amines is 1. The molecule has 2 aliphatic heterocycles. The molecule has 4 N–H and O–H groups in total. The summed E-state index contributed by atoms with van der Waals surface area (Å²) in [6.07, 6.45) is 8.38. The van der Waals surface area contributed by atoms with Crippen LogP contribution in [-0.4, -0.2) is 77.4 Å². The number of nitrogen functional groups attached to an aromatic ring is 1. The van der Waals surface area contributed by atoms with Crippen LogP contribution in [0.4, 0.5) is 5.82 Å². The first kappa shape index (κ1) is 26.3. The molecule has 13 nitrogen and oxygen atoms in total. The van der Waals surface area contributed by atoms with Crippen molar-refractivity contribution in [1.29, 1.82) is 0 Å². The number of fused-ring (bicyclic) bond motifs is 3. The number of nitrogens with one attached hydrogen (secondary N) is 1. The largest absolute Gasteiger partial charge is 0.384 e. The molecule has 0 radical (unpaired) electrons. The van der Waals surface area contributed by atoms with E-state index >= 15 is 0 Å². The number of aliphatic hydroxyl groups is 1. The third kappa shape index (κ3) is 4.22. The number of sulfone groups is 1. The minimum atomic E-state index is -3.76. The fraction of sp³-hybridized carbons (Fsp3) is 0.462. The van der Waals surface area contributed by atoms with Crippen LogP contribution in [0.1, 0.15) is 73.0 Å². The van der Waals surface area contributed by atoms with Gasteiger partial charge < -0.3 is 15.7 Å². The van der Waals surface area contributed by atoms with E-state index in [1.807, 2.05) is 17.9 Å². The molecule has 6 rings (SSSR count). The van der Waals surface area contributed by atoms with E-state index in [1.165, 1.54) is 10.8 Å². The van der Waals surface area contributed by atoms with Gasteiger partial charge >= 0.3 is 0 Å². The highest BCUT2D eigenvalue weighted by molar-refractivity contribution is 7.91. The number of anilines is 1. The van der Waals surface area contributed by atoms with Gasteiger partial charge in [-0.15, -0.1) is 0 Å². The van der Waals surface area contributed by atoms with Gasteiger partial charge in [0, 0.05) is 41.6 Å². The van der Waals surface area contributed by atoms with Gasteiger partial charge in [0.15, 0.2) is 15.5 Å². The van der Waals surface area contributed by atoms with E-state index in [4.69, 9.17) is 10.7 Å². The van der Waals surface area contributed by atoms with Crippen molar-refractivity contribution in [2.24, 2.45) is 0 Å². The summed E-state index contributed by atoms with van der Waals surface area (Å²) in [6, 6.07) is 1.73. The second kappa shape index (κ2) is 9.06. The third-order valence-electron chi connectivity index (χ3n) is 7.98. The number of aromatic nitrogens is 7.